The quantitative estimate of drug-likeness (QED) is 0.790. The van der Waals surface area contributed by atoms with E-state index in [0.717, 1.165) is 12.8 Å². The Morgan fingerprint density at radius 1 is 1.17 bits per heavy atom. The van der Waals surface area contributed by atoms with Crippen LogP contribution in [-0.2, 0) is 9.59 Å². The molecule has 1 aromatic heterocycles. The number of piperidine rings is 1. The topological polar surface area (TPSA) is 75.6 Å². The molecule has 1 atom stereocenters. The predicted molar refractivity (Wildman–Crippen MR) is 104 cm³/mol. The first-order valence-electron chi connectivity index (χ1n) is 9.80. The standard InChI is InChI=1S/C21H23FN4O3/c1-14-23-9-6-19(24-14)29-18-7-10-25(11-8-18)21(28)15-12-20(27)26(13-15)17-4-2-16(22)3-5-17/h2-6,9,15,18H,7-8,10-13H2,1H3/t15-/m1/s1. The molecule has 2 aliphatic rings. The fraction of sp³-hybridized carbons (Fsp3) is 0.429. The molecule has 0 spiro atoms. The first-order valence-corrected chi connectivity index (χ1v) is 9.80. The van der Waals surface area contributed by atoms with E-state index in [2.05, 4.69) is 9.97 Å². The maximum atomic E-state index is 13.1. The van der Waals surface area contributed by atoms with Crippen molar-refractivity contribution in [3.05, 3.63) is 48.2 Å². The lowest BCUT2D eigenvalue weighted by Gasteiger charge is -2.33. The van der Waals surface area contributed by atoms with E-state index >= 15 is 0 Å². The molecule has 0 bridgehead atoms. The van der Waals surface area contributed by atoms with Crippen molar-refractivity contribution >= 4 is 17.5 Å². The molecule has 2 aromatic rings. The second-order valence-corrected chi connectivity index (χ2v) is 7.47. The van der Waals surface area contributed by atoms with Crippen molar-refractivity contribution in [1.29, 1.82) is 0 Å². The molecule has 2 amide bonds. The van der Waals surface area contributed by atoms with Crippen molar-refractivity contribution in [1.82, 2.24) is 14.9 Å². The van der Waals surface area contributed by atoms with Crippen molar-refractivity contribution in [2.75, 3.05) is 24.5 Å². The number of carbonyl (C=O) groups excluding carboxylic acids is 2. The van der Waals surface area contributed by atoms with Gasteiger partial charge in [-0.15, -0.1) is 0 Å². The van der Waals surface area contributed by atoms with Gasteiger partial charge in [-0.2, -0.15) is 4.98 Å². The Bertz CT molecular complexity index is 897. The summed E-state index contributed by atoms with van der Waals surface area (Å²) in [7, 11) is 0. The highest BCUT2D eigenvalue weighted by atomic mass is 19.1. The molecule has 3 heterocycles. The number of aromatic nitrogens is 2. The van der Waals surface area contributed by atoms with Gasteiger partial charge in [0.15, 0.2) is 0 Å². The van der Waals surface area contributed by atoms with Crippen LogP contribution in [0.5, 0.6) is 5.88 Å². The van der Waals surface area contributed by atoms with Gasteiger partial charge in [0, 0.05) is 56.8 Å². The number of rotatable bonds is 4. The van der Waals surface area contributed by atoms with E-state index in [1.165, 1.54) is 12.1 Å². The minimum Gasteiger partial charge on any atom is -0.474 e. The van der Waals surface area contributed by atoms with Gasteiger partial charge in [0.2, 0.25) is 17.7 Å². The Balaban J connectivity index is 1.31. The van der Waals surface area contributed by atoms with Crippen LogP contribution in [0.2, 0.25) is 0 Å². The summed E-state index contributed by atoms with van der Waals surface area (Å²) in [6, 6.07) is 7.51. The summed E-state index contributed by atoms with van der Waals surface area (Å²) in [6.07, 6.45) is 3.30. The van der Waals surface area contributed by atoms with Gasteiger partial charge >= 0.3 is 0 Å². The van der Waals surface area contributed by atoms with Gasteiger partial charge in [-0.05, 0) is 31.2 Å². The van der Waals surface area contributed by atoms with Gasteiger partial charge in [0.25, 0.3) is 0 Å². The average Bonchev–Trinajstić information content (AvgIpc) is 3.10. The Labute approximate surface area is 168 Å². The molecule has 0 saturated carbocycles. The molecule has 0 radical (unpaired) electrons. The van der Waals surface area contributed by atoms with Gasteiger partial charge in [-0.1, -0.05) is 0 Å². The van der Waals surface area contributed by atoms with Crippen LogP contribution < -0.4 is 9.64 Å². The van der Waals surface area contributed by atoms with E-state index in [1.807, 2.05) is 11.8 Å². The molecule has 0 aliphatic carbocycles. The van der Waals surface area contributed by atoms with Gasteiger partial charge in [-0.25, -0.2) is 9.37 Å². The molecular formula is C21H23FN4O3. The lowest BCUT2D eigenvalue weighted by molar-refractivity contribution is -0.137. The van der Waals surface area contributed by atoms with Gasteiger partial charge in [0.05, 0.1) is 5.92 Å². The highest BCUT2D eigenvalue weighted by Gasteiger charge is 2.38. The third-order valence-corrected chi connectivity index (χ3v) is 5.40. The number of aryl methyl sites for hydroxylation is 1. The summed E-state index contributed by atoms with van der Waals surface area (Å²) in [5.41, 5.74) is 0.624. The van der Waals surface area contributed by atoms with Gasteiger partial charge in [-0.3, -0.25) is 9.59 Å². The number of ether oxygens (including phenoxy) is 1. The second kappa shape index (κ2) is 8.14. The molecule has 2 aliphatic heterocycles. The number of hydrogen-bond donors (Lipinski definition) is 0. The van der Waals surface area contributed by atoms with E-state index in [9.17, 15) is 14.0 Å². The highest BCUT2D eigenvalue weighted by Crippen LogP contribution is 2.28. The lowest BCUT2D eigenvalue weighted by Crippen LogP contribution is -2.45. The normalized spacial score (nSPS) is 20.2. The number of benzene rings is 1. The molecule has 0 N–H and O–H groups in total. The largest absolute Gasteiger partial charge is 0.474 e. The van der Waals surface area contributed by atoms with Crippen LogP contribution in [0.1, 0.15) is 25.1 Å². The maximum absolute atomic E-state index is 13.1. The van der Waals surface area contributed by atoms with E-state index in [1.54, 1.807) is 29.3 Å². The molecule has 0 unspecified atom stereocenters. The van der Waals surface area contributed by atoms with Crippen LogP contribution in [-0.4, -0.2) is 52.4 Å². The predicted octanol–water partition coefficient (Wildman–Crippen LogP) is 2.35. The minimum absolute atomic E-state index is 0.000655. The SMILES string of the molecule is Cc1nccc(OC2CCN(C(=O)[C@@H]3CC(=O)N(c4ccc(F)cc4)C3)CC2)n1. The number of nitrogens with zero attached hydrogens (tertiary/aromatic N) is 4. The smallest absolute Gasteiger partial charge is 0.228 e. The van der Waals surface area contributed by atoms with Crippen molar-refractivity contribution in [3.8, 4) is 5.88 Å². The summed E-state index contributed by atoms with van der Waals surface area (Å²) in [4.78, 5) is 37.0. The third kappa shape index (κ3) is 4.36. The fourth-order valence-electron chi connectivity index (χ4n) is 3.87. The van der Waals surface area contributed by atoms with E-state index in [-0.39, 0.29) is 36.1 Å². The van der Waals surface area contributed by atoms with Gasteiger partial charge < -0.3 is 14.5 Å². The van der Waals surface area contributed by atoms with Crippen LogP contribution in [0.25, 0.3) is 0 Å². The molecular weight excluding hydrogens is 375 g/mol. The molecule has 8 heteroatoms. The van der Waals surface area contributed by atoms with Gasteiger partial charge in [0.1, 0.15) is 17.7 Å². The summed E-state index contributed by atoms with van der Waals surface area (Å²) in [5, 5.41) is 0. The van der Waals surface area contributed by atoms with Crippen molar-refractivity contribution in [2.24, 2.45) is 5.92 Å². The summed E-state index contributed by atoms with van der Waals surface area (Å²) >= 11 is 0. The fourth-order valence-corrected chi connectivity index (χ4v) is 3.87. The van der Waals surface area contributed by atoms with Crippen molar-refractivity contribution < 1.29 is 18.7 Å². The molecule has 2 saturated heterocycles. The summed E-state index contributed by atoms with van der Waals surface area (Å²) in [6.45, 7) is 3.33. The van der Waals surface area contributed by atoms with E-state index in [0.29, 0.717) is 37.0 Å². The third-order valence-electron chi connectivity index (χ3n) is 5.40. The zero-order valence-corrected chi connectivity index (χ0v) is 16.3. The first kappa shape index (κ1) is 19.3. The molecule has 1 aromatic carbocycles. The first-order chi connectivity index (χ1) is 14.0. The van der Waals surface area contributed by atoms with Crippen LogP contribution in [0.15, 0.2) is 36.5 Å². The monoisotopic (exact) mass is 398 g/mol. The Kier molecular flexibility index (Phi) is 5.42. The molecule has 7 nitrogen and oxygen atoms in total. The average molecular weight is 398 g/mol. The van der Waals surface area contributed by atoms with Crippen molar-refractivity contribution in [3.63, 3.8) is 0 Å². The summed E-state index contributed by atoms with van der Waals surface area (Å²) in [5.74, 6) is 0.390. The number of hydrogen-bond acceptors (Lipinski definition) is 5. The number of carbonyl (C=O) groups is 2. The van der Waals surface area contributed by atoms with E-state index < -0.39 is 0 Å². The number of anilines is 1. The Morgan fingerprint density at radius 3 is 2.59 bits per heavy atom. The van der Waals surface area contributed by atoms with Crippen molar-refractivity contribution in [2.45, 2.75) is 32.3 Å². The number of amides is 2. The maximum Gasteiger partial charge on any atom is 0.228 e. The van der Waals surface area contributed by atoms with Crippen LogP contribution >= 0.6 is 0 Å². The van der Waals surface area contributed by atoms with E-state index in [4.69, 9.17) is 4.74 Å². The zero-order valence-electron chi connectivity index (χ0n) is 16.3. The molecule has 152 valence electrons. The number of halogens is 1. The zero-order chi connectivity index (χ0) is 20.4. The Morgan fingerprint density at radius 2 is 1.90 bits per heavy atom. The second-order valence-electron chi connectivity index (χ2n) is 7.47. The lowest BCUT2D eigenvalue weighted by atomic mass is 10.0. The minimum atomic E-state index is -0.366. The van der Waals surface area contributed by atoms with Crippen LogP contribution in [0.3, 0.4) is 0 Å². The Hall–Kier alpha value is -3.03. The molecule has 2 fully saturated rings. The highest BCUT2D eigenvalue weighted by molar-refractivity contribution is 6.00. The molecule has 29 heavy (non-hydrogen) atoms. The van der Waals surface area contributed by atoms with Crippen LogP contribution in [0, 0.1) is 18.7 Å². The summed E-state index contributed by atoms with van der Waals surface area (Å²) < 4.78 is 19.0. The molecule has 4 rings (SSSR count). The number of likely N-dealkylation sites (tertiary alicyclic amines) is 1. The van der Waals surface area contributed by atoms with Crippen LogP contribution in [0.4, 0.5) is 10.1 Å².